The summed E-state index contributed by atoms with van der Waals surface area (Å²) < 4.78 is 0. The Morgan fingerprint density at radius 2 is 1.29 bits per heavy atom. The number of hydrogen-bond donors (Lipinski definition) is 5. The van der Waals surface area contributed by atoms with Crippen LogP contribution in [0.15, 0.2) is 0 Å². The third-order valence-corrected chi connectivity index (χ3v) is 0.750. The van der Waals surface area contributed by atoms with E-state index in [0.717, 1.165) is 11.0 Å². The Morgan fingerprint density at radius 1 is 1.14 bits per heavy atom. The van der Waals surface area contributed by atoms with Crippen molar-refractivity contribution in [3.05, 3.63) is 0 Å². The summed E-state index contributed by atoms with van der Waals surface area (Å²) in [7, 11) is -2.17. The second-order valence-corrected chi connectivity index (χ2v) is 2.02. The molecule has 5 N–H and O–H groups in total. The van der Waals surface area contributed by atoms with E-state index >= 15 is 0 Å². The van der Waals surface area contributed by atoms with Crippen LogP contribution in [0.1, 0.15) is 0 Å². The number of carboxylic acids is 2. The van der Waals surface area contributed by atoms with E-state index < -0.39 is 19.3 Å². The molecule has 0 amide bonds. The van der Waals surface area contributed by atoms with Crippen molar-refractivity contribution in [1.29, 1.82) is 0 Å². The van der Waals surface area contributed by atoms with Gasteiger partial charge in [-0.05, 0) is 0 Å². The van der Waals surface area contributed by atoms with E-state index in [1.54, 1.807) is 0 Å². The number of rotatable bonds is 1. The van der Waals surface area contributed by atoms with Crippen molar-refractivity contribution < 1.29 is 34.9 Å². The van der Waals surface area contributed by atoms with Crippen molar-refractivity contribution in [2.24, 2.45) is 0 Å². The van der Waals surface area contributed by atoms with Crippen molar-refractivity contribution in [3.63, 3.8) is 0 Å². The van der Waals surface area contributed by atoms with Crippen LogP contribution in [0, 0.1) is 0 Å². The van der Waals surface area contributed by atoms with E-state index in [2.05, 4.69) is 0 Å². The number of alkyl halides is 1. The zero-order chi connectivity index (χ0) is 12.1. The van der Waals surface area contributed by atoms with Crippen molar-refractivity contribution >= 4 is 48.6 Å². The molecule has 0 saturated heterocycles. The maximum atomic E-state index is 9.10. The number of carboxylic acid groups (broad SMARTS) is 2. The van der Waals surface area contributed by atoms with Gasteiger partial charge in [0.15, 0.2) is 0 Å². The number of hydrogen-bond acceptors (Lipinski definition) is 5. The van der Waals surface area contributed by atoms with Gasteiger partial charge >= 0.3 is 59.5 Å². The van der Waals surface area contributed by atoms with Crippen molar-refractivity contribution in [3.8, 4) is 0 Å². The van der Waals surface area contributed by atoms with Gasteiger partial charge in [0.25, 0.3) is 0 Å². The van der Waals surface area contributed by atoms with Crippen LogP contribution in [-0.4, -0.2) is 68.1 Å². The second-order valence-electron chi connectivity index (χ2n) is 1.65. The van der Waals surface area contributed by atoms with E-state index in [1.807, 2.05) is 17.7 Å². The molecule has 0 atom stereocenters. The zero-order valence-electron chi connectivity index (χ0n) is 7.42. The van der Waals surface area contributed by atoms with E-state index in [1.165, 1.54) is 0 Å². The molecule has 0 spiro atoms. The van der Waals surface area contributed by atoms with Crippen molar-refractivity contribution in [2.75, 3.05) is 5.88 Å². The molecule has 0 aliphatic heterocycles. The summed E-state index contributed by atoms with van der Waals surface area (Å²) in [6, 6.07) is 0. The number of aliphatic carboxylic acids is 2. The van der Waals surface area contributed by atoms with Crippen LogP contribution in [0.4, 0.5) is 0 Å². The number of halogens is 1. The molecule has 0 aliphatic rings. The third-order valence-electron chi connectivity index (χ3n) is 0.372. The fourth-order valence-corrected chi connectivity index (χ4v) is 0. The van der Waals surface area contributed by atoms with Gasteiger partial charge < -0.3 is 25.3 Å². The van der Waals surface area contributed by atoms with Crippen LogP contribution in [0.3, 0.4) is 0 Å². The van der Waals surface area contributed by atoms with Gasteiger partial charge in [0, 0.05) is 0 Å². The molecule has 0 unspecified atom stereocenters. The topological polar surface area (TPSA) is 135 Å². The fraction of sp³-hybridized carbons (Fsp3) is 0.500. The normalized spacial score (nSPS) is 7.29. The molecule has 10 heteroatoms. The summed E-state index contributed by atoms with van der Waals surface area (Å²) in [5, 5.41) is 37.4. The summed E-state index contributed by atoms with van der Waals surface area (Å²) in [6.45, 7) is 0. The quantitative estimate of drug-likeness (QED) is 0.195. The van der Waals surface area contributed by atoms with Gasteiger partial charge in [0.2, 0.25) is 0 Å². The maximum absolute atomic E-state index is 9.10. The molecule has 14 heavy (non-hydrogen) atoms. The van der Waals surface area contributed by atoms with Gasteiger partial charge in [-0.1, -0.05) is 0 Å². The van der Waals surface area contributed by atoms with Gasteiger partial charge in [-0.2, -0.15) is 0 Å². The van der Waals surface area contributed by atoms with Gasteiger partial charge in [0.1, 0.15) is 0 Å². The molecule has 0 bridgehead atoms. The van der Waals surface area contributed by atoms with E-state index in [9.17, 15) is 0 Å². The Labute approximate surface area is 94.7 Å². The summed E-state index contributed by atoms with van der Waals surface area (Å²) in [4.78, 5) is 18.2. The molecule has 0 aromatic heterocycles. The summed E-state index contributed by atoms with van der Waals surface area (Å²) >= 11 is 7.23. The zero-order valence-corrected chi connectivity index (χ0v) is 8.18. The average molecular weight is 222 g/mol. The summed E-state index contributed by atoms with van der Waals surface area (Å²) in [6.07, 6.45) is 0. The summed E-state index contributed by atoms with van der Waals surface area (Å²) in [5.74, 6) is -2.86. The third kappa shape index (κ3) is 60.0. The van der Waals surface area contributed by atoms with Gasteiger partial charge in [-0.3, -0.25) is 0 Å². The molecule has 0 saturated carbocycles. The molecule has 0 aromatic carbocycles. The van der Waals surface area contributed by atoms with Crippen LogP contribution >= 0.6 is 11.6 Å². The first-order valence-corrected chi connectivity index (χ1v) is 3.89. The van der Waals surface area contributed by atoms with Gasteiger partial charge in [0.05, 0.1) is 0 Å². The standard InChI is InChI=1S/C2H4Cl.C2H2O4.BH3O3.Li/c1-2-3;3-1(4)2(5)6;2-1(3)4;/h1-2H2;(H,3,4)(H,5,6);2-4H;. The fourth-order valence-electron chi connectivity index (χ4n) is 0. The first kappa shape index (κ1) is 19.4. The van der Waals surface area contributed by atoms with E-state index in [4.69, 9.17) is 46.5 Å². The molecular formula is C4H9BClLiO7. The van der Waals surface area contributed by atoms with Gasteiger partial charge in [-0.25, -0.2) is 9.59 Å². The molecule has 0 radical (unpaired) electrons. The minimum atomic E-state index is -2.17. The Bertz CT molecular complexity index is 138. The van der Waals surface area contributed by atoms with Crippen molar-refractivity contribution in [1.82, 2.24) is 0 Å². The first-order chi connectivity index (χ1) is 6.29. The molecule has 0 rings (SSSR count). The van der Waals surface area contributed by atoms with Crippen molar-refractivity contribution in [2.45, 2.75) is 5.09 Å². The average Bonchev–Trinajstić information content (AvgIpc) is 2.03. The summed E-state index contributed by atoms with van der Waals surface area (Å²) in [5.41, 5.74) is 0. The van der Waals surface area contributed by atoms with E-state index in [0.29, 0.717) is 0 Å². The Morgan fingerprint density at radius 3 is 1.29 bits per heavy atom. The van der Waals surface area contributed by atoms with E-state index in [-0.39, 0.29) is 0 Å². The molecule has 0 fully saturated rings. The van der Waals surface area contributed by atoms with Crippen LogP contribution in [0.5, 0.6) is 0 Å². The first-order valence-electron chi connectivity index (χ1n) is 3.35. The van der Waals surface area contributed by atoms with Crippen LogP contribution in [-0.2, 0) is 9.59 Å². The molecular weight excluding hydrogens is 213 g/mol. The Kier molecular flexibility index (Phi) is 21.1. The Balaban J connectivity index is -0.000000135. The van der Waals surface area contributed by atoms with Crippen LogP contribution in [0.2, 0.25) is 5.09 Å². The molecule has 0 aliphatic carbocycles. The predicted molar refractivity (Wildman–Crippen MR) is 49.0 cm³/mol. The minimum absolute atomic E-state index is 0.792. The van der Waals surface area contributed by atoms with Gasteiger partial charge in [-0.15, -0.1) is 0 Å². The monoisotopic (exact) mass is 222 g/mol. The second kappa shape index (κ2) is 15.3. The molecule has 0 aromatic rings. The Hall–Kier alpha value is -0.228. The molecule has 0 heterocycles. The molecule has 78 valence electrons. The molecule has 7 nitrogen and oxygen atoms in total. The SMILES string of the molecule is O=C(O)C(=O)O.OB(O)O.[Li][CH2]CCl. The number of carbonyl (C=O) groups is 2. The van der Waals surface area contributed by atoms with Crippen LogP contribution < -0.4 is 0 Å². The predicted octanol–water partition coefficient (Wildman–Crippen LogP) is -2.08. The van der Waals surface area contributed by atoms with Crippen LogP contribution in [0.25, 0.3) is 0 Å².